The monoisotopic (exact) mass is 276 g/mol. The zero-order valence-electron chi connectivity index (χ0n) is 11.7. The highest BCUT2D eigenvalue weighted by Gasteiger charge is 2.25. The van der Waals surface area contributed by atoms with E-state index in [9.17, 15) is 9.59 Å². The highest BCUT2D eigenvalue weighted by molar-refractivity contribution is 5.97. The van der Waals surface area contributed by atoms with E-state index in [1.807, 2.05) is 4.90 Å². The summed E-state index contributed by atoms with van der Waals surface area (Å²) in [7, 11) is 1.59. The van der Waals surface area contributed by atoms with Gasteiger partial charge in [-0.25, -0.2) is 0 Å². The number of amides is 1. The van der Waals surface area contributed by atoms with Crippen LogP contribution >= 0.6 is 0 Å². The van der Waals surface area contributed by atoms with Crippen molar-refractivity contribution < 1.29 is 14.3 Å². The molecule has 0 aromatic heterocycles. The molecule has 0 saturated carbocycles. The molecule has 0 bridgehead atoms. The molecule has 0 spiro atoms. The lowest BCUT2D eigenvalue weighted by Gasteiger charge is -2.30. The van der Waals surface area contributed by atoms with Crippen LogP contribution in [0.4, 0.5) is 0 Å². The number of hydrogen-bond donors (Lipinski definition) is 1. The highest BCUT2D eigenvalue weighted by Crippen LogP contribution is 2.17. The smallest absolute Gasteiger partial charge is 0.221 e. The third kappa shape index (κ3) is 3.57. The number of Topliss-reactive ketones (excluding diaryl/α,β-unsaturated/α-hetero) is 1. The Hall–Kier alpha value is -1.88. The van der Waals surface area contributed by atoms with Crippen LogP contribution in [0.3, 0.4) is 0 Å². The van der Waals surface area contributed by atoms with E-state index in [2.05, 4.69) is 0 Å². The normalized spacial score (nSPS) is 19.6. The van der Waals surface area contributed by atoms with Crippen molar-refractivity contribution in [3.8, 4) is 5.75 Å². The third-order valence-electron chi connectivity index (χ3n) is 3.69. The third-order valence-corrected chi connectivity index (χ3v) is 3.69. The van der Waals surface area contributed by atoms with Gasteiger partial charge in [0.15, 0.2) is 5.78 Å². The molecule has 1 heterocycles. The van der Waals surface area contributed by atoms with Crippen molar-refractivity contribution in [3.05, 3.63) is 29.8 Å². The molecule has 5 nitrogen and oxygen atoms in total. The van der Waals surface area contributed by atoms with E-state index in [0.717, 1.165) is 25.1 Å². The van der Waals surface area contributed by atoms with Gasteiger partial charge in [0.05, 0.1) is 19.6 Å². The molecular formula is C15H20N2O3. The molecule has 1 aromatic rings. The summed E-state index contributed by atoms with van der Waals surface area (Å²) in [6.07, 6.45) is 1.73. The molecular weight excluding hydrogens is 256 g/mol. The summed E-state index contributed by atoms with van der Waals surface area (Å²) in [5, 5.41) is 0. The fourth-order valence-electron chi connectivity index (χ4n) is 2.50. The van der Waals surface area contributed by atoms with Crippen molar-refractivity contribution in [1.82, 2.24) is 4.90 Å². The fraction of sp³-hybridized carbons (Fsp3) is 0.467. The van der Waals surface area contributed by atoms with Crippen LogP contribution in [0.5, 0.6) is 5.75 Å². The number of hydrogen-bond acceptors (Lipinski definition) is 4. The van der Waals surface area contributed by atoms with Crippen LogP contribution in [0.25, 0.3) is 0 Å². The first-order valence-electron chi connectivity index (χ1n) is 6.79. The van der Waals surface area contributed by atoms with Crippen molar-refractivity contribution in [2.75, 3.05) is 26.7 Å². The van der Waals surface area contributed by atoms with Crippen LogP contribution < -0.4 is 10.5 Å². The number of nitrogens with zero attached hydrogens (tertiary/aromatic N) is 1. The minimum atomic E-state index is -0.272. The van der Waals surface area contributed by atoms with Gasteiger partial charge in [-0.15, -0.1) is 0 Å². The standard InChI is InChI=1S/C15H20N2O3/c1-20-13-6-4-11(5-7-13)14(18)10-17-8-2-3-12(9-17)15(16)19/h4-7,12H,2-3,8-10H2,1H3,(H2,16,19). The maximum Gasteiger partial charge on any atom is 0.221 e. The summed E-state index contributed by atoms with van der Waals surface area (Å²) in [5.74, 6) is 0.380. The van der Waals surface area contributed by atoms with Crippen molar-refractivity contribution >= 4 is 11.7 Å². The van der Waals surface area contributed by atoms with Crippen molar-refractivity contribution in [1.29, 1.82) is 0 Å². The largest absolute Gasteiger partial charge is 0.497 e. The molecule has 1 aliphatic rings. The van der Waals surface area contributed by atoms with Gasteiger partial charge in [0.2, 0.25) is 5.91 Å². The summed E-state index contributed by atoms with van der Waals surface area (Å²) in [6.45, 7) is 1.75. The molecule has 1 unspecified atom stereocenters. The molecule has 1 fully saturated rings. The van der Waals surface area contributed by atoms with Crippen molar-refractivity contribution in [2.24, 2.45) is 11.7 Å². The molecule has 108 valence electrons. The zero-order chi connectivity index (χ0) is 14.5. The summed E-state index contributed by atoms with van der Waals surface area (Å²) in [5.41, 5.74) is 6.00. The lowest BCUT2D eigenvalue weighted by molar-refractivity contribution is -0.123. The molecule has 2 N–H and O–H groups in total. The molecule has 1 aliphatic heterocycles. The molecule has 0 aliphatic carbocycles. The van der Waals surface area contributed by atoms with Gasteiger partial charge in [-0.1, -0.05) is 0 Å². The molecule has 0 radical (unpaired) electrons. The van der Waals surface area contributed by atoms with Gasteiger partial charge in [0.1, 0.15) is 5.75 Å². The number of likely N-dealkylation sites (tertiary alicyclic amines) is 1. The Kier molecular flexibility index (Phi) is 4.74. The molecule has 1 amide bonds. The second-order valence-electron chi connectivity index (χ2n) is 5.13. The number of primary amides is 1. The summed E-state index contributed by atoms with van der Waals surface area (Å²) in [6, 6.07) is 7.07. The average molecular weight is 276 g/mol. The lowest BCUT2D eigenvalue weighted by Crippen LogP contribution is -2.43. The molecule has 1 atom stereocenters. The minimum Gasteiger partial charge on any atom is -0.497 e. The quantitative estimate of drug-likeness (QED) is 0.817. The number of carbonyl (C=O) groups is 2. The first-order chi connectivity index (χ1) is 9.60. The number of carbonyl (C=O) groups excluding carboxylic acids is 2. The zero-order valence-corrected chi connectivity index (χ0v) is 11.7. The predicted octanol–water partition coefficient (Wildman–Crippen LogP) is 1.08. The maximum atomic E-state index is 12.2. The Balaban J connectivity index is 1.94. The Morgan fingerprint density at radius 2 is 2.05 bits per heavy atom. The Labute approximate surface area is 118 Å². The van der Waals surface area contributed by atoms with Crippen LogP contribution in [0.1, 0.15) is 23.2 Å². The Morgan fingerprint density at radius 3 is 2.65 bits per heavy atom. The van der Waals surface area contributed by atoms with Crippen LogP contribution in [0, 0.1) is 5.92 Å². The molecule has 1 saturated heterocycles. The first kappa shape index (κ1) is 14.5. The Bertz CT molecular complexity index is 484. The van der Waals surface area contributed by atoms with Crippen LogP contribution in [-0.4, -0.2) is 43.3 Å². The van der Waals surface area contributed by atoms with Crippen LogP contribution in [0.15, 0.2) is 24.3 Å². The fourth-order valence-corrected chi connectivity index (χ4v) is 2.50. The number of nitrogens with two attached hydrogens (primary N) is 1. The van der Waals surface area contributed by atoms with E-state index in [1.165, 1.54) is 0 Å². The van der Waals surface area contributed by atoms with Gasteiger partial charge >= 0.3 is 0 Å². The average Bonchev–Trinajstić information content (AvgIpc) is 2.47. The van der Waals surface area contributed by atoms with Crippen LogP contribution in [-0.2, 0) is 4.79 Å². The van der Waals surface area contributed by atoms with E-state index >= 15 is 0 Å². The highest BCUT2D eigenvalue weighted by atomic mass is 16.5. The van der Waals surface area contributed by atoms with Gasteiger partial charge in [0, 0.05) is 12.1 Å². The molecule has 2 rings (SSSR count). The molecule has 5 heteroatoms. The van der Waals surface area contributed by atoms with Gasteiger partial charge in [-0.05, 0) is 43.7 Å². The number of piperidine rings is 1. The number of methoxy groups -OCH3 is 1. The van der Waals surface area contributed by atoms with Crippen molar-refractivity contribution in [2.45, 2.75) is 12.8 Å². The van der Waals surface area contributed by atoms with Gasteiger partial charge in [-0.2, -0.15) is 0 Å². The second-order valence-corrected chi connectivity index (χ2v) is 5.13. The summed E-state index contributed by atoms with van der Waals surface area (Å²) in [4.78, 5) is 25.4. The number of rotatable bonds is 5. The summed E-state index contributed by atoms with van der Waals surface area (Å²) >= 11 is 0. The Morgan fingerprint density at radius 1 is 1.35 bits per heavy atom. The van der Waals surface area contributed by atoms with Gasteiger partial charge in [0.25, 0.3) is 0 Å². The topological polar surface area (TPSA) is 72.6 Å². The lowest BCUT2D eigenvalue weighted by atomic mass is 9.97. The predicted molar refractivity (Wildman–Crippen MR) is 75.7 cm³/mol. The maximum absolute atomic E-state index is 12.2. The number of ether oxygens (including phenoxy) is 1. The SMILES string of the molecule is COc1ccc(C(=O)CN2CCCC(C(N)=O)C2)cc1. The molecule has 1 aromatic carbocycles. The number of benzene rings is 1. The second kappa shape index (κ2) is 6.52. The molecule has 20 heavy (non-hydrogen) atoms. The number of ketones is 1. The van der Waals surface area contributed by atoms with Gasteiger partial charge in [-0.3, -0.25) is 14.5 Å². The summed E-state index contributed by atoms with van der Waals surface area (Å²) < 4.78 is 5.07. The van der Waals surface area contributed by atoms with Crippen LogP contribution in [0.2, 0.25) is 0 Å². The van der Waals surface area contributed by atoms with E-state index in [1.54, 1.807) is 31.4 Å². The van der Waals surface area contributed by atoms with E-state index in [4.69, 9.17) is 10.5 Å². The van der Waals surface area contributed by atoms with E-state index in [-0.39, 0.29) is 17.6 Å². The first-order valence-corrected chi connectivity index (χ1v) is 6.79. The van der Waals surface area contributed by atoms with E-state index < -0.39 is 0 Å². The van der Waals surface area contributed by atoms with E-state index in [0.29, 0.717) is 18.7 Å². The minimum absolute atomic E-state index is 0.0535. The van der Waals surface area contributed by atoms with Gasteiger partial charge < -0.3 is 10.5 Å². The van der Waals surface area contributed by atoms with Crippen molar-refractivity contribution in [3.63, 3.8) is 0 Å².